The van der Waals surface area contributed by atoms with Crippen LogP contribution in [-0.2, 0) is 9.53 Å². The van der Waals surface area contributed by atoms with Crippen LogP contribution in [0.4, 0.5) is 34.9 Å². The summed E-state index contributed by atoms with van der Waals surface area (Å²) in [7, 11) is 3.89. The molecule has 0 saturated carbocycles. The van der Waals surface area contributed by atoms with E-state index in [1.54, 1.807) is 0 Å². The van der Waals surface area contributed by atoms with Gasteiger partial charge >= 0.3 is 6.18 Å². The SMILES string of the molecule is C=C1C=C(C(F)(F)F)C(C(=O)Nc2cc(-c3cnc(N4CCOCC4)nc3)c(F)cc2N2CC[C@@H](N(C)C)C2)=CN1. The average Bonchev–Trinajstić information content (AvgIpc) is 3.44. The number of dihydropyridines is 1. The molecule has 2 N–H and O–H groups in total. The molecule has 1 amide bonds. The first-order chi connectivity index (χ1) is 19.5. The van der Waals surface area contributed by atoms with Gasteiger partial charge < -0.3 is 30.1 Å². The maximum Gasteiger partial charge on any atom is 0.417 e. The molecule has 1 aromatic carbocycles. The lowest BCUT2D eigenvalue weighted by Gasteiger charge is -2.27. The molecule has 0 spiro atoms. The minimum Gasteiger partial charge on any atom is -0.378 e. The number of hydrogen-bond donors (Lipinski definition) is 2. The molecule has 1 aromatic heterocycles. The zero-order chi connectivity index (χ0) is 29.3. The number of hydrogen-bond acceptors (Lipinski definition) is 8. The van der Waals surface area contributed by atoms with E-state index in [4.69, 9.17) is 4.74 Å². The summed E-state index contributed by atoms with van der Waals surface area (Å²) in [5.41, 5.74) is -0.699. The number of nitrogens with zero attached hydrogens (tertiary/aromatic N) is 5. The van der Waals surface area contributed by atoms with Crippen LogP contribution in [0.5, 0.6) is 0 Å². The molecule has 2 fully saturated rings. The molecule has 2 saturated heterocycles. The lowest BCUT2D eigenvalue weighted by Crippen LogP contribution is -2.37. The van der Waals surface area contributed by atoms with E-state index >= 15 is 4.39 Å². The smallest absolute Gasteiger partial charge is 0.378 e. The molecule has 0 bridgehead atoms. The number of allylic oxidation sites excluding steroid dienone is 1. The van der Waals surface area contributed by atoms with Gasteiger partial charge in [0, 0.05) is 67.6 Å². The molecule has 4 heterocycles. The van der Waals surface area contributed by atoms with Gasteiger partial charge in [-0.3, -0.25) is 4.79 Å². The van der Waals surface area contributed by atoms with Crippen LogP contribution >= 0.6 is 0 Å². The number of carbonyl (C=O) groups excluding carboxylic acids is 1. The van der Waals surface area contributed by atoms with Gasteiger partial charge in [-0.2, -0.15) is 13.2 Å². The van der Waals surface area contributed by atoms with Gasteiger partial charge in [0.25, 0.3) is 5.91 Å². The topological polar surface area (TPSA) is 85.9 Å². The third-order valence-corrected chi connectivity index (χ3v) is 7.37. The van der Waals surface area contributed by atoms with Crippen molar-refractivity contribution in [2.45, 2.75) is 18.6 Å². The van der Waals surface area contributed by atoms with Gasteiger partial charge in [-0.15, -0.1) is 0 Å². The van der Waals surface area contributed by atoms with Crippen LogP contribution in [0.25, 0.3) is 11.1 Å². The van der Waals surface area contributed by atoms with Crippen LogP contribution in [-0.4, -0.2) is 86.5 Å². The minimum atomic E-state index is -4.78. The molecule has 5 rings (SSSR count). The van der Waals surface area contributed by atoms with Gasteiger partial charge in [0.05, 0.1) is 35.7 Å². The number of carbonyl (C=O) groups is 1. The van der Waals surface area contributed by atoms with Gasteiger partial charge in [-0.1, -0.05) is 6.58 Å². The Morgan fingerprint density at radius 1 is 1.15 bits per heavy atom. The number of amides is 1. The third kappa shape index (κ3) is 6.20. The first-order valence-corrected chi connectivity index (χ1v) is 13.2. The lowest BCUT2D eigenvalue weighted by molar-refractivity contribution is -0.115. The van der Waals surface area contributed by atoms with Crippen LogP contribution in [0, 0.1) is 5.82 Å². The van der Waals surface area contributed by atoms with Crippen molar-refractivity contribution in [3.8, 4) is 11.1 Å². The second-order valence-electron chi connectivity index (χ2n) is 10.3. The number of likely N-dealkylation sites (N-methyl/N-ethyl adjacent to an activating group) is 1. The van der Waals surface area contributed by atoms with E-state index in [1.165, 1.54) is 24.5 Å². The van der Waals surface area contributed by atoms with Crippen molar-refractivity contribution >= 4 is 23.2 Å². The zero-order valence-electron chi connectivity index (χ0n) is 22.8. The maximum atomic E-state index is 15.6. The molecule has 1 atom stereocenters. The normalized spacial score (nSPS) is 19.7. The average molecular weight is 574 g/mol. The summed E-state index contributed by atoms with van der Waals surface area (Å²) in [6, 6.07) is 2.92. The molecule has 13 heteroatoms. The Balaban J connectivity index is 1.49. The summed E-state index contributed by atoms with van der Waals surface area (Å²) in [5, 5.41) is 5.19. The van der Waals surface area contributed by atoms with Crippen molar-refractivity contribution in [1.82, 2.24) is 20.2 Å². The molecule has 9 nitrogen and oxygen atoms in total. The largest absolute Gasteiger partial charge is 0.417 e. The highest BCUT2D eigenvalue weighted by molar-refractivity contribution is 6.09. The van der Waals surface area contributed by atoms with Crippen LogP contribution in [0.15, 0.2) is 60.2 Å². The first kappa shape index (κ1) is 28.6. The van der Waals surface area contributed by atoms with E-state index in [1.807, 2.05) is 23.9 Å². The summed E-state index contributed by atoms with van der Waals surface area (Å²) in [6.07, 6.45) is 0.756. The minimum absolute atomic E-state index is 0.00551. The summed E-state index contributed by atoms with van der Waals surface area (Å²) < 4.78 is 62.3. The number of benzene rings is 1. The summed E-state index contributed by atoms with van der Waals surface area (Å²) in [4.78, 5) is 28.0. The van der Waals surface area contributed by atoms with Crippen molar-refractivity contribution in [1.29, 1.82) is 0 Å². The fourth-order valence-corrected chi connectivity index (χ4v) is 5.06. The maximum absolute atomic E-state index is 15.6. The molecule has 3 aliphatic rings. The molecule has 0 unspecified atom stereocenters. The van der Waals surface area contributed by atoms with Gasteiger partial charge in [0.15, 0.2) is 0 Å². The van der Waals surface area contributed by atoms with Crippen LogP contribution in [0.2, 0.25) is 0 Å². The lowest BCUT2D eigenvalue weighted by atomic mass is 10.0. The number of halogens is 4. The van der Waals surface area contributed by atoms with Gasteiger partial charge in [-0.25, -0.2) is 14.4 Å². The molecule has 218 valence electrons. The molecule has 3 aliphatic heterocycles. The van der Waals surface area contributed by atoms with Crippen molar-refractivity contribution in [3.05, 3.63) is 66.0 Å². The van der Waals surface area contributed by atoms with Crippen LogP contribution < -0.4 is 20.4 Å². The fourth-order valence-electron chi connectivity index (χ4n) is 5.06. The van der Waals surface area contributed by atoms with E-state index in [0.29, 0.717) is 56.6 Å². The number of morpholine rings is 1. The van der Waals surface area contributed by atoms with E-state index in [2.05, 4.69) is 32.1 Å². The van der Waals surface area contributed by atoms with E-state index in [9.17, 15) is 18.0 Å². The Labute approximate surface area is 235 Å². The third-order valence-electron chi connectivity index (χ3n) is 7.37. The predicted molar refractivity (Wildman–Crippen MR) is 148 cm³/mol. The van der Waals surface area contributed by atoms with Gasteiger partial charge in [0.2, 0.25) is 5.95 Å². The number of alkyl halides is 3. The van der Waals surface area contributed by atoms with E-state index < -0.39 is 29.0 Å². The Kier molecular flexibility index (Phi) is 8.00. The van der Waals surface area contributed by atoms with Crippen molar-refractivity contribution in [3.63, 3.8) is 0 Å². The predicted octanol–water partition coefficient (Wildman–Crippen LogP) is 3.69. The van der Waals surface area contributed by atoms with E-state index in [0.717, 1.165) is 18.7 Å². The Bertz CT molecular complexity index is 1380. The second-order valence-corrected chi connectivity index (χ2v) is 10.3. The number of anilines is 3. The standard InChI is InChI=1S/C28H31F4N7O2/c1-17-10-22(28(30,31)32)21(15-33-17)26(40)36-24-11-20(18-13-34-27(35-14-18)38-6-8-41-9-7-38)23(29)12-25(24)39-5-4-19(16-39)37(2)3/h10-15,19,33H,1,4-9,16H2,2-3H3,(H,36,40)/t19-/m1/s1. The first-order valence-electron chi connectivity index (χ1n) is 13.2. The number of rotatable bonds is 6. The number of aromatic nitrogens is 2. The summed E-state index contributed by atoms with van der Waals surface area (Å²) in [5.74, 6) is -1.08. The highest BCUT2D eigenvalue weighted by atomic mass is 19.4. The van der Waals surface area contributed by atoms with Crippen LogP contribution in [0.1, 0.15) is 6.42 Å². The Morgan fingerprint density at radius 2 is 1.85 bits per heavy atom. The number of nitrogens with one attached hydrogen (secondary N) is 2. The monoisotopic (exact) mass is 573 g/mol. The molecule has 0 aliphatic carbocycles. The van der Waals surface area contributed by atoms with Gasteiger partial charge in [0.1, 0.15) is 5.82 Å². The molecule has 2 aromatic rings. The van der Waals surface area contributed by atoms with E-state index in [-0.39, 0.29) is 23.0 Å². The Hall–Kier alpha value is -3.97. The van der Waals surface area contributed by atoms with Crippen molar-refractivity contribution < 1.29 is 27.1 Å². The van der Waals surface area contributed by atoms with Crippen molar-refractivity contribution in [2.75, 3.05) is 68.6 Å². The highest BCUT2D eigenvalue weighted by Gasteiger charge is 2.40. The Morgan fingerprint density at radius 3 is 2.49 bits per heavy atom. The van der Waals surface area contributed by atoms with Gasteiger partial charge in [-0.05, 0) is 38.7 Å². The summed E-state index contributed by atoms with van der Waals surface area (Å²) >= 11 is 0. The number of ether oxygens (including phenoxy) is 1. The quantitative estimate of drug-likeness (QED) is 0.507. The summed E-state index contributed by atoms with van der Waals surface area (Å²) in [6.45, 7) is 7.02. The fraction of sp³-hybridized carbons (Fsp3) is 0.393. The molecular formula is C28H31F4N7O2. The molecule has 0 radical (unpaired) electrons. The second kappa shape index (κ2) is 11.5. The molecular weight excluding hydrogens is 542 g/mol. The molecule has 41 heavy (non-hydrogen) atoms. The van der Waals surface area contributed by atoms with Crippen LogP contribution in [0.3, 0.4) is 0 Å². The van der Waals surface area contributed by atoms with Crippen molar-refractivity contribution in [2.24, 2.45) is 0 Å². The highest BCUT2D eigenvalue weighted by Crippen LogP contribution is 2.38. The zero-order valence-corrected chi connectivity index (χ0v) is 22.8.